The van der Waals surface area contributed by atoms with Crippen molar-refractivity contribution in [1.29, 1.82) is 0 Å². The molecule has 0 aliphatic carbocycles. The highest BCUT2D eigenvalue weighted by Crippen LogP contribution is 2.23. The van der Waals surface area contributed by atoms with Crippen LogP contribution in [-0.4, -0.2) is 8.42 Å². The van der Waals surface area contributed by atoms with Crippen LogP contribution in [0.15, 0.2) is 48.7 Å². The number of fused-ring (bicyclic) bond motifs is 1. The molecule has 17 heavy (non-hydrogen) atoms. The number of hydrogen-bond acceptors (Lipinski definition) is 3. The molecule has 2 aromatic rings. The minimum atomic E-state index is -3.64. The first-order chi connectivity index (χ1) is 8.14. The zero-order chi connectivity index (χ0) is 11.9. The van der Waals surface area contributed by atoms with E-state index in [9.17, 15) is 8.42 Å². The monoisotopic (exact) mass is 247 g/mol. The number of benzene rings is 2. The van der Waals surface area contributed by atoms with E-state index in [4.69, 9.17) is 0 Å². The zero-order valence-corrected chi connectivity index (χ0v) is 9.57. The predicted molar refractivity (Wildman–Crippen MR) is 65.1 cm³/mol. The molecule has 0 bridgehead atoms. The van der Waals surface area contributed by atoms with Gasteiger partial charge in [-0.15, -0.1) is 0 Å². The molecule has 0 saturated heterocycles. The number of rotatable bonds is 1. The van der Waals surface area contributed by atoms with Crippen molar-refractivity contribution in [2.75, 3.05) is 0 Å². The maximum atomic E-state index is 11.1. The van der Waals surface area contributed by atoms with Crippen molar-refractivity contribution in [2.24, 2.45) is 0 Å². The van der Waals surface area contributed by atoms with Crippen molar-refractivity contribution in [3.05, 3.63) is 54.3 Å². The van der Waals surface area contributed by atoms with E-state index in [1.807, 2.05) is 42.5 Å². The standard InChI is InChI=1S/C12H9NO3S/c14-17(15)13-12(8-16-17)11-6-5-9-3-1-2-4-10(9)7-11/h1-8,13H. The first kappa shape index (κ1) is 10.2. The lowest BCUT2D eigenvalue weighted by molar-refractivity contribution is 0.453. The highest BCUT2D eigenvalue weighted by atomic mass is 32.2. The van der Waals surface area contributed by atoms with Crippen molar-refractivity contribution in [1.82, 2.24) is 4.72 Å². The lowest BCUT2D eigenvalue weighted by Gasteiger charge is -2.03. The van der Waals surface area contributed by atoms with Gasteiger partial charge in [0.25, 0.3) is 0 Å². The van der Waals surface area contributed by atoms with Gasteiger partial charge in [-0.05, 0) is 16.8 Å². The van der Waals surface area contributed by atoms with E-state index >= 15 is 0 Å². The molecule has 1 aliphatic heterocycles. The molecular weight excluding hydrogens is 238 g/mol. The van der Waals surface area contributed by atoms with Gasteiger partial charge in [0.2, 0.25) is 0 Å². The molecule has 0 saturated carbocycles. The van der Waals surface area contributed by atoms with Gasteiger partial charge in [-0.1, -0.05) is 36.4 Å². The molecule has 0 atom stereocenters. The summed E-state index contributed by atoms with van der Waals surface area (Å²) in [6, 6.07) is 13.6. The van der Waals surface area contributed by atoms with Gasteiger partial charge in [-0.3, -0.25) is 0 Å². The topological polar surface area (TPSA) is 55.4 Å². The Kier molecular flexibility index (Phi) is 2.09. The van der Waals surface area contributed by atoms with Gasteiger partial charge in [-0.25, -0.2) is 4.72 Å². The molecule has 5 heteroatoms. The Morgan fingerprint density at radius 2 is 1.76 bits per heavy atom. The summed E-state index contributed by atoms with van der Waals surface area (Å²) in [6.07, 6.45) is 1.21. The van der Waals surface area contributed by atoms with Crippen LogP contribution in [0.3, 0.4) is 0 Å². The summed E-state index contributed by atoms with van der Waals surface area (Å²) in [4.78, 5) is 0. The van der Waals surface area contributed by atoms with Crippen LogP contribution in [0.25, 0.3) is 16.5 Å². The van der Waals surface area contributed by atoms with Gasteiger partial charge in [0.1, 0.15) is 6.26 Å². The highest BCUT2D eigenvalue weighted by Gasteiger charge is 2.20. The SMILES string of the molecule is O=S1(=O)NC(c2ccc3ccccc3c2)=CO1. The second kappa shape index (κ2) is 3.49. The Bertz CT molecular complexity index is 719. The molecule has 1 aliphatic rings. The van der Waals surface area contributed by atoms with Crippen LogP contribution in [0.1, 0.15) is 5.56 Å². The Morgan fingerprint density at radius 1 is 1.00 bits per heavy atom. The number of nitrogens with one attached hydrogen (secondary N) is 1. The summed E-state index contributed by atoms with van der Waals surface area (Å²) < 4.78 is 29.0. The van der Waals surface area contributed by atoms with Crippen LogP contribution in [0.2, 0.25) is 0 Å². The zero-order valence-electron chi connectivity index (χ0n) is 8.75. The van der Waals surface area contributed by atoms with E-state index in [-0.39, 0.29) is 0 Å². The molecule has 0 unspecified atom stereocenters. The molecule has 1 heterocycles. The molecule has 0 fully saturated rings. The van der Waals surface area contributed by atoms with E-state index in [2.05, 4.69) is 8.91 Å². The van der Waals surface area contributed by atoms with E-state index < -0.39 is 10.3 Å². The van der Waals surface area contributed by atoms with Gasteiger partial charge in [-0.2, -0.15) is 8.42 Å². The van der Waals surface area contributed by atoms with Crippen LogP contribution in [0.5, 0.6) is 0 Å². The molecule has 0 amide bonds. The van der Waals surface area contributed by atoms with Crippen LogP contribution >= 0.6 is 0 Å². The fraction of sp³-hybridized carbons (Fsp3) is 0. The normalized spacial score (nSPS) is 17.3. The number of hydrogen-bond donors (Lipinski definition) is 1. The van der Waals surface area contributed by atoms with Gasteiger partial charge in [0.05, 0.1) is 5.70 Å². The minimum absolute atomic E-state index is 0.454. The third-order valence-electron chi connectivity index (χ3n) is 2.59. The maximum absolute atomic E-state index is 11.1. The van der Waals surface area contributed by atoms with Crippen LogP contribution < -0.4 is 4.72 Å². The second-order valence-corrected chi connectivity index (χ2v) is 5.05. The third kappa shape index (κ3) is 1.85. The molecular formula is C12H9NO3S. The fourth-order valence-corrected chi connectivity index (χ4v) is 2.48. The maximum Gasteiger partial charge on any atom is 0.407 e. The van der Waals surface area contributed by atoms with Crippen molar-refractivity contribution >= 4 is 26.8 Å². The largest absolute Gasteiger partial charge is 0.407 e. The lowest BCUT2D eigenvalue weighted by atomic mass is 10.1. The summed E-state index contributed by atoms with van der Waals surface area (Å²) >= 11 is 0. The van der Waals surface area contributed by atoms with Crippen molar-refractivity contribution in [2.45, 2.75) is 0 Å². The van der Waals surface area contributed by atoms with Crippen molar-refractivity contribution < 1.29 is 12.6 Å². The Labute approximate surface area is 98.8 Å². The third-order valence-corrected chi connectivity index (χ3v) is 3.41. The Morgan fingerprint density at radius 3 is 2.47 bits per heavy atom. The molecule has 4 nitrogen and oxygen atoms in total. The average Bonchev–Trinajstić information content (AvgIpc) is 2.69. The van der Waals surface area contributed by atoms with Crippen molar-refractivity contribution in [3.63, 3.8) is 0 Å². The van der Waals surface area contributed by atoms with Crippen LogP contribution in [0.4, 0.5) is 0 Å². The van der Waals surface area contributed by atoms with Crippen molar-refractivity contribution in [3.8, 4) is 0 Å². The molecule has 1 N–H and O–H groups in total. The lowest BCUT2D eigenvalue weighted by Crippen LogP contribution is -2.16. The fourth-order valence-electron chi connectivity index (χ4n) is 1.78. The van der Waals surface area contributed by atoms with Crippen LogP contribution in [-0.2, 0) is 14.5 Å². The molecule has 2 aromatic carbocycles. The summed E-state index contributed by atoms with van der Waals surface area (Å²) in [7, 11) is -3.64. The highest BCUT2D eigenvalue weighted by molar-refractivity contribution is 7.85. The second-order valence-electron chi connectivity index (χ2n) is 3.75. The molecule has 0 spiro atoms. The summed E-state index contributed by atoms with van der Waals surface area (Å²) in [6.45, 7) is 0. The smallest absolute Gasteiger partial charge is 0.373 e. The first-order valence-corrected chi connectivity index (χ1v) is 6.45. The molecule has 0 radical (unpaired) electrons. The van der Waals surface area contributed by atoms with Crippen LogP contribution in [0, 0.1) is 0 Å². The van der Waals surface area contributed by atoms with E-state index in [1.54, 1.807) is 0 Å². The summed E-state index contributed by atoms with van der Waals surface area (Å²) in [5.41, 5.74) is 1.24. The van der Waals surface area contributed by atoms with E-state index in [0.717, 1.165) is 16.3 Å². The van der Waals surface area contributed by atoms with Gasteiger partial charge >= 0.3 is 10.3 Å². The minimum Gasteiger partial charge on any atom is -0.373 e. The molecule has 0 aromatic heterocycles. The summed E-state index contributed by atoms with van der Waals surface area (Å²) in [5, 5.41) is 2.16. The Balaban J connectivity index is 2.08. The quantitative estimate of drug-likeness (QED) is 0.838. The Hall–Kier alpha value is -2.01. The van der Waals surface area contributed by atoms with Gasteiger partial charge in [0, 0.05) is 5.56 Å². The summed E-state index contributed by atoms with van der Waals surface area (Å²) in [5.74, 6) is 0. The molecule has 86 valence electrons. The average molecular weight is 247 g/mol. The molecule has 3 rings (SSSR count). The van der Waals surface area contributed by atoms with E-state index in [0.29, 0.717) is 5.70 Å². The van der Waals surface area contributed by atoms with Gasteiger partial charge < -0.3 is 4.18 Å². The predicted octanol–water partition coefficient (Wildman–Crippen LogP) is 2.00. The van der Waals surface area contributed by atoms with E-state index in [1.165, 1.54) is 6.26 Å². The van der Waals surface area contributed by atoms with Gasteiger partial charge in [0.15, 0.2) is 0 Å². The first-order valence-electron chi connectivity index (χ1n) is 5.04.